The van der Waals surface area contributed by atoms with Crippen molar-refractivity contribution in [1.29, 1.82) is 0 Å². The predicted octanol–water partition coefficient (Wildman–Crippen LogP) is 1.15. The number of hydrogen-bond acceptors (Lipinski definition) is 3. The molecule has 0 spiro atoms. The second-order valence-corrected chi connectivity index (χ2v) is 5.68. The summed E-state index contributed by atoms with van der Waals surface area (Å²) < 4.78 is 0. The first-order chi connectivity index (χ1) is 10.2. The van der Waals surface area contributed by atoms with Gasteiger partial charge in [0.2, 0.25) is 0 Å². The summed E-state index contributed by atoms with van der Waals surface area (Å²) in [5, 5.41) is 4.13. The van der Waals surface area contributed by atoms with Gasteiger partial charge in [0.05, 0.1) is 0 Å². The summed E-state index contributed by atoms with van der Waals surface area (Å²) in [5.74, 6) is 0.000581. The molecule has 1 aliphatic heterocycles. The lowest BCUT2D eigenvalue weighted by molar-refractivity contribution is 0.0941. The lowest BCUT2D eigenvalue weighted by Gasteiger charge is -2.32. The minimum Gasteiger partial charge on any atom is -0.361 e. The van der Waals surface area contributed by atoms with Crippen LogP contribution in [0.4, 0.5) is 0 Å². The molecule has 1 saturated heterocycles. The van der Waals surface area contributed by atoms with E-state index in [2.05, 4.69) is 27.1 Å². The molecule has 2 N–H and O–H groups in total. The van der Waals surface area contributed by atoms with Gasteiger partial charge in [0.25, 0.3) is 5.91 Å². The summed E-state index contributed by atoms with van der Waals surface area (Å²) >= 11 is 0. The highest BCUT2D eigenvalue weighted by molar-refractivity contribution is 5.97. The molecule has 112 valence electrons. The van der Waals surface area contributed by atoms with Crippen LogP contribution in [-0.4, -0.2) is 67.0 Å². The molecule has 5 heteroatoms. The van der Waals surface area contributed by atoms with Crippen LogP contribution in [0.3, 0.4) is 0 Å². The van der Waals surface area contributed by atoms with Crippen LogP contribution in [0.5, 0.6) is 0 Å². The first-order valence-electron chi connectivity index (χ1n) is 7.48. The van der Waals surface area contributed by atoms with Crippen LogP contribution in [0, 0.1) is 0 Å². The minimum absolute atomic E-state index is 0.000581. The summed E-state index contributed by atoms with van der Waals surface area (Å²) in [6, 6.07) is 7.76. The van der Waals surface area contributed by atoms with Crippen molar-refractivity contribution in [2.45, 2.75) is 0 Å². The van der Waals surface area contributed by atoms with Gasteiger partial charge >= 0.3 is 0 Å². The highest BCUT2D eigenvalue weighted by atomic mass is 16.1. The largest absolute Gasteiger partial charge is 0.361 e. The van der Waals surface area contributed by atoms with Gasteiger partial charge in [-0.2, -0.15) is 0 Å². The van der Waals surface area contributed by atoms with Crippen molar-refractivity contribution >= 4 is 16.8 Å². The topological polar surface area (TPSA) is 51.4 Å². The summed E-state index contributed by atoms with van der Waals surface area (Å²) in [5.41, 5.74) is 1.71. The van der Waals surface area contributed by atoms with E-state index < -0.39 is 0 Å². The van der Waals surface area contributed by atoms with Gasteiger partial charge < -0.3 is 15.2 Å². The smallest absolute Gasteiger partial charge is 0.251 e. The second kappa shape index (κ2) is 6.28. The Labute approximate surface area is 124 Å². The highest BCUT2D eigenvalue weighted by Crippen LogP contribution is 2.13. The Morgan fingerprint density at radius 3 is 2.86 bits per heavy atom. The van der Waals surface area contributed by atoms with Gasteiger partial charge in [-0.1, -0.05) is 6.07 Å². The van der Waals surface area contributed by atoms with Crippen molar-refractivity contribution < 1.29 is 4.79 Å². The summed E-state index contributed by atoms with van der Waals surface area (Å²) in [4.78, 5) is 20.0. The SMILES string of the molecule is CN1CCN(CCNC(=O)c2ccc3cc[nH]c3c2)CC1. The lowest BCUT2D eigenvalue weighted by atomic mass is 10.1. The number of nitrogens with zero attached hydrogens (tertiary/aromatic N) is 2. The van der Waals surface area contributed by atoms with E-state index in [0.29, 0.717) is 12.1 Å². The summed E-state index contributed by atoms with van der Waals surface area (Å²) in [7, 11) is 2.15. The molecular formula is C16H22N4O. The fourth-order valence-corrected chi connectivity index (χ4v) is 2.69. The average Bonchev–Trinajstić information content (AvgIpc) is 2.96. The first-order valence-corrected chi connectivity index (χ1v) is 7.48. The first kappa shape index (κ1) is 14.1. The fourth-order valence-electron chi connectivity index (χ4n) is 2.69. The molecule has 5 nitrogen and oxygen atoms in total. The van der Waals surface area contributed by atoms with Crippen LogP contribution in [0.1, 0.15) is 10.4 Å². The molecule has 2 aromatic rings. The van der Waals surface area contributed by atoms with Gasteiger partial charge in [-0.05, 0) is 30.6 Å². The number of aromatic amines is 1. The molecular weight excluding hydrogens is 264 g/mol. The van der Waals surface area contributed by atoms with E-state index in [1.165, 1.54) is 0 Å². The maximum absolute atomic E-state index is 12.2. The second-order valence-electron chi connectivity index (χ2n) is 5.68. The highest BCUT2D eigenvalue weighted by Gasteiger charge is 2.13. The zero-order valence-corrected chi connectivity index (χ0v) is 12.4. The molecule has 0 saturated carbocycles. The van der Waals surface area contributed by atoms with E-state index in [9.17, 15) is 4.79 Å². The molecule has 0 radical (unpaired) electrons. The van der Waals surface area contributed by atoms with Crippen molar-refractivity contribution in [2.75, 3.05) is 46.3 Å². The molecule has 0 bridgehead atoms. The van der Waals surface area contributed by atoms with Crippen LogP contribution in [0.25, 0.3) is 10.9 Å². The van der Waals surface area contributed by atoms with Crippen molar-refractivity contribution in [2.24, 2.45) is 0 Å². The minimum atomic E-state index is 0.000581. The fraction of sp³-hybridized carbons (Fsp3) is 0.438. The number of carbonyl (C=O) groups is 1. The number of nitrogens with one attached hydrogen (secondary N) is 2. The Morgan fingerprint density at radius 1 is 1.24 bits per heavy atom. The molecule has 1 amide bonds. The van der Waals surface area contributed by atoms with Crippen LogP contribution < -0.4 is 5.32 Å². The van der Waals surface area contributed by atoms with E-state index >= 15 is 0 Å². The number of fused-ring (bicyclic) bond motifs is 1. The van der Waals surface area contributed by atoms with Crippen molar-refractivity contribution in [3.63, 3.8) is 0 Å². The molecule has 1 aliphatic rings. The number of aromatic nitrogens is 1. The molecule has 1 aromatic carbocycles. The number of likely N-dealkylation sites (N-methyl/N-ethyl adjacent to an activating group) is 1. The predicted molar refractivity (Wildman–Crippen MR) is 84.6 cm³/mol. The lowest BCUT2D eigenvalue weighted by Crippen LogP contribution is -2.46. The maximum atomic E-state index is 12.2. The third-order valence-electron chi connectivity index (χ3n) is 4.13. The van der Waals surface area contributed by atoms with Gasteiger partial charge in [0, 0.05) is 56.5 Å². The average molecular weight is 286 g/mol. The molecule has 0 atom stereocenters. The number of piperazine rings is 1. The Hall–Kier alpha value is -1.85. The molecule has 1 aromatic heterocycles. The number of amides is 1. The number of rotatable bonds is 4. The molecule has 1 fully saturated rings. The zero-order valence-electron chi connectivity index (χ0n) is 12.4. The van der Waals surface area contributed by atoms with E-state index in [1.807, 2.05) is 30.5 Å². The van der Waals surface area contributed by atoms with Crippen molar-refractivity contribution in [1.82, 2.24) is 20.1 Å². The van der Waals surface area contributed by atoms with Gasteiger partial charge in [0.1, 0.15) is 0 Å². The Balaban J connectivity index is 1.49. The van der Waals surface area contributed by atoms with Crippen molar-refractivity contribution in [3.8, 4) is 0 Å². The van der Waals surface area contributed by atoms with E-state index in [-0.39, 0.29) is 5.91 Å². The molecule has 0 aliphatic carbocycles. The summed E-state index contributed by atoms with van der Waals surface area (Å²) in [6.07, 6.45) is 1.89. The van der Waals surface area contributed by atoms with E-state index in [0.717, 1.165) is 43.6 Å². The van der Waals surface area contributed by atoms with Crippen LogP contribution in [0.15, 0.2) is 30.5 Å². The van der Waals surface area contributed by atoms with Crippen LogP contribution >= 0.6 is 0 Å². The van der Waals surface area contributed by atoms with E-state index in [4.69, 9.17) is 0 Å². The standard InChI is InChI=1S/C16H22N4O/c1-19-8-10-20(11-9-19)7-6-18-16(21)14-3-2-13-4-5-17-15(13)12-14/h2-5,12,17H,6-11H2,1H3,(H,18,21). The molecule has 21 heavy (non-hydrogen) atoms. The Bertz CT molecular complexity index is 614. The molecule has 2 heterocycles. The summed E-state index contributed by atoms with van der Waals surface area (Å²) in [6.45, 7) is 6.01. The third-order valence-corrected chi connectivity index (χ3v) is 4.13. The normalized spacial score (nSPS) is 17.2. The number of carbonyl (C=O) groups excluding carboxylic acids is 1. The quantitative estimate of drug-likeness (QED) is 0.886. The maximum Gasteiger partial charge on any atom is 0.251 e. The molecule has 0 unspecified atom stereocenters. The van der Waals surface area contributed by atoms with Gasteiger partial charge in [-0.15, -0.1) is 0 Å². The van der Waals surface area contributed by atoms with Crippen LogP contribution in [-0.2, 0) is 0 Å². The van der Waals surface area contributed by atoms with Crippen LogP contribution in [0.2, 0.25) is 0 Å². The van der Waals surface area contributed by atoms with Crippen molar-refractivity contribution in [3.05, 3.63) is 36.0 Å². The number of hydrogen-bond donors (Lipinski definition) is 2. The number of benzene rings is 1. The van der Waals surface area contributed by atoms with Gasteiger partial charge in [-0.25, -0.2) is 0 Å². The monoisotopic (exact) mass is 286 g/mol. The Kier molecular flexibility index (Phi) is 4.22. The third kappa shape index (κ3) is 3.43. The zero-order chi connectivity index (χ0) is 14.7. The molecule has 3 rings (SSSR count). The van der Waals surface area contributed by atoms with Gasteiger partial charge in [-0.3, -0.25) is 9.69 Å². The van der Waals surface area contributed by atoms with Gasteiger partial charge in [0.15, 0.2) is 0 Å². The van der Waals surface area contributed by atoms with E-state index in [1.54, 1.807) is 0 Å². The number of H-pyrrole nitrogens is 1. The Morgan fingerprint density at radius 2 is 2.05 bits per heavy atom.